The quantitative estimate of drug-likeness (QED) is 0.870. The summed E-state index contributed by atoms with van der Waals surface area (Å²) in [6.45, 7) is 2.75. The molecule has 2 aliphatic heterocycles. The van der Waals surface area contributed by atoms with E-state index in [1.54, 1.807) is 0 Å². The molecule has 3 N–H and O–H groups in total. The third-order valence-corrected chi connectivity index (χ3v) is 6.79. The number of piperidine rings is 1. The zero-order valence-corrected chi connectivity index (χ0v) is 16.2. The predicted molar refractivity (Wildman–Crippen MR) is 113 cm³/mol. The fourth-order valence-corrected chi connectivity index (χ4v) is 5.35. The van der Waals surface area contributed by atoms with Gasteiger partial charge in [-0.15, -0.1) is 0 Å². The number of nitrogens with two attached hydrogens (primary N) is 1. The molecule has 0 bridgehead atoms. The summed E-state index contributed by atoms with van der Waals surface area (Å²) in [6.07, 6.45) is 5.99. The Morgan fingerprint density at radius 2 is 1.86 bits per heavy atom. The topological polar surface area (TPSA) is 58.4 Å². The molecule has 0 saturated carbocycles. The summed E-state index contributed by atoms with van der Waals surface area (Å²) in [5, 5.41) is 3.49. The van der Waals surface area contributed by atoms with Gasteiger partial charge >= 0.3 is 0 Å². The minimum atomic E-state index is -0.501. The standard InChI is InChI=1S/C24H27N3O/c25-21(23(28)27-14-9-17-5-2-4-8-22(17)27)16-19-15-18-6-1-3-7-20(18)24(19)10-12-26-13-11-24/h1-8,15,21,26H,9-14,16,25H2. The number of para-hydroxylation sites is 1. The highest BCUT2D eigenvalue weighted by Gasteiger charge is 2.43. The molecule has 1 fully saturated rings. The van der Waals surface area contributed by atoms with Crippen molar-refractivity contribution in [3.63, 3.8) is 0 Å². The van der Waals surface area contributed by atoms with Gasteiger partial charge in [0.1, 0.15) is 0 Å². The van der Waals surface area contributed by atoms with E-state index in [1.165, 1.54) is 22.3 Å². The first-order valence-corrected chi connectivity index (χ1v) is 10.4. The van der Waals surface area contributed by atoms with Crippen LogP contribution in [-0.2, 0) is 16.6 Å². The second kappa shape index (κ2) is 6.87. The second-order valence-electron chi connectivity index (χ2n) is 8.27. The van der Waals surface area contributed by atoms with Crippen molar-refractivity contribution in [1.82, 2.24) is 5.32 Å². The van der Waals surface area contributed by atoms with Gasteiger partial charge in [-0.25, -0.2) is 0 Å². The number of nitrogens with zero attached hydrogens (tertiary/aromatic N) is 1. The maximum Gasteiger partial charge on any atom is 0.244 e. The maximum absolute atomic E-state index is 13.2. The van der Waals surface area contributed by atoms with E-state index in [-0.39, 0.29) is 11.3 Å². The van der Waals surface area contributed by atoms with Crippen molar-refractivity contribution < 1.29 is 4.79 Å². The Morgan fingerprint density at radius 1 is 1.11 bits per heavy atom. The molecule has 2 aromatic rings. The Labute approximate surface area is 166 Å². The van der Waals surface area contributed by atoms with Crippen LogP contribution in [0.3, 0.4) is 0 Å². The SMILES string of the molecule is NC(CC1=Cc2ccccc2C12CCNCC2)C(=O)N1CCc2ccccc21. The van der Waals surface area contributed by atoms with Gasteiger partial charge in [0.25, 0.3) is 0 Å². The summed E-state index contributed by atoms with van der Waals surface area (Å²) in [7, 11) is 0. The van der Waals surface area contributed by atoms with Crippen LogP contribution >= 0.6 is 0 Å². The van der Waals surface area contributed by atoms with Crippen LogP contribution in [0.5, 0.6) is 0 Å². The Balaban J connectivity index is 1.40. The first-order chi connectivity index (χ1) is 13.7. The van der Waals surface area contributed by atoms with Gasteiger partial charge in [-0.2, -0.15) is 0 Å². The van der Waals surface area contributed by atoms with Crippen LogP contribution in [0.4, 0.5) is 5.69 Å². The molecule has 1 atom stereocenters. The lowest BCUT2D eigenvalue weighted by Gasteiger charge is -2.39. The molecule has 3 aliphatic rings. The van der Waals surface area contributed by atoms with E-state index in [0.717, 1.165) is 44.6 Å². The number of fused-ring (bicyclic) bond motifs is 3. The first kappa shape index (κ1) is 17.7. The summed E-state index contributed by atoms with van der Waals surface area (Å²) in [6, 6.07) is 16.3. The van der Waals surface area contributed by atoms with E-state index in [2.05, 4.69) is 41.7 Å². The number of hydrogen-bond acceptors (Lipinski definition) is 3. The molecular formula is C24H27N3O. The van der Waals surface area contributed by atoms with Crippen LogP contribution in [0.1, 0.15) is 36.0 Å². The number of rotatable bonds is 3. The second-order valence-corrected chi connectivity index (χ2v) is 8.27. The van der Waals surface area contributed by atoms with Crippen molar-refractivity contribution in [1.29, 1.82) is 0 Å². The molecule has 1 spiro atoms. The predicted octanol–water partition coefficient (Wildman–Crippen LogP) is 3.01. The zero-order chi connectivity index (χ0) is 19.1. The normalized spacial score (nSPS) is 20.6. The van der Waals surface area contributed by atoms with E-state index >= 15 is 0 Å². The van der Waals surface area contributed by atoms with Crippen molar-refractivity contribution in [2.75, 3.05) is 24.5 Å². The highest BCUT2D eigenvalue weighted by molar-refractivity contribution is 5.99. The lowest BCUT2D eigenvalue weighted by atomic mass is 9.69. The molecule has 144 valence electrons. The number of carbonyl (C=O) groups is 1. The van der Waals surface area contributed by atoms with Crippen LogP contribution < -0.4 is 16.0 Å². The fraction of sp³-hybridized carbons (Fsp3) is 0.375. The van der Waals surface area contributed by atoms with E-state index in [1.807, 2.05) is 23.1 Å². The average Bonchev–Trinajstić information content (AvgIpc) is 3.29. The first-order valence-electron chi connectivity index (χ1n) is 10.4. The van der Waals surface area contributed by atoms with Gasteiger partial charge in [0, 0.05) is 17.6 Å². The summed E-state index contributed by atoms with van der Waals surface area (Å²) in [5.41, 5.74) is 12.9. The Hall–Kier alpha value is -2.43. The minimum absolute atomic E-state index is 0.0443. The van der Waals surface area contributed by atoms with Crippen LogP contribution in [-0.4, -0.2) is 31.6 Å². The largest absolute Gasteiger partial charge is 0.320 e. The van der Waals surface area contributed by atoms with Crippen molar-refractivity contribution in [3.8, 4) is 0 Å². The van der Waals surface area contributed by atoms with Gasteiger partial charge < -0.3 is 16.0 Å². The summed E-state index contributed by atoms with van der Waals surface area (Å²) in [5.74, 6) is 0.0471. The number of nitrogens with one attached hydrogen (secondary N) is 1. The van der Waals surface area contributed by atoms with Crippen molar-refractivity contribution >= 4 is 17.7 Å². The van der Waals surface area contributed by atoms with Gasteiger partial charge in [0.05, 0.1) is 6.04 Å². The lowest BCUT2D eigenvalue weighted by Crippen LogP contribution is -2.46. The molecule has 4 nitrogen and oxygen atoms in total. The van der Waals surface area contributed by atoms with Crippen LogP contribution in [0.25, 0.3) is 6.08 Å². The Morgan fingerprint density at radius 3 is 2.71 bits per heavy atom. The molecule has 1 saturated heterocycles. The molecular weight excluding hydrogens is 346 g/mol. The zero-order valence-electron chi connectivity index (χ0n) is 16.2. The fourth-order valence-electron chi connectivity index (χ4n) is 5.35. The molecule has 0 radical (unpaired) electrons. The molecule has 1 unspecified atom stereocenters. The molecule has 0 aromatic heterocycles. The highest BCUT2D eigenvalue weighted by atomic mass is 16.2. The van der Waals surface area contributed by atoms with Gasteiger partial charge in [0.2, 0.25) is 5.91 Å². The summed E-state index contributed by atoms with van der Waals surface area (Å²) >= 11 is 0. The van der Waals surface area contributed by atoms with Crippen LogP contribution in [0.2, 0.25) is 0 Å². The molecule has 1 aliphatic carbocycles. The molecule has 28 heavy (non-hydrogen) atoms. The van der Waals surface area contributed by atoms with Crippen molar-refractivity contribution in [2.24, 2.45) is 5.73 Å². The Bertz CT molecular complexity index is 942. The third kappa shape index (κ3) is 2.71. The molecule has 5 rings (SSSR count). The molecule has 1 amide bonds. The van der Waals surface area contributed by atoms with E-state index in [4.69, 9.17) is 5.73 Å². The number of hydrogen-bond donors (Lipinski definition) is 2. The number of anilines is 1. The van der Waals surface area contributed by atoms with Gasteiger partial charge in [-0.1, -0.05) is 54.1 Å². The number of amides is 1. The lowest BCUT2D eigenvalue weighted by molar-refractivity contribution is -0.119. The number of carbonyl (C=O) groups excluding carboxylic acids is 1. The monoisotopic (exact) mass is 373 g/mol. The maximum atomic E-state index is 13.2. The van der Waals surface area contributed by atoms with Gasteiger partial charge in [-0.05, 0) is 61.5 Å². The smallest absolute Gasteiger partial charge is 0.244 e. The van der Waals surface area contributed by atoms with E-state index in [9.17, 15) is 4.79 Å². The summed E-state index contributed by atoms with van der Waals surface area (Å²) < 4.78 is 0. The van der Waals surface area contributed by atoms with Crippen LogP contribution in [0, 0.1) is 0 Å². The summed E-state index contributed by atoms with van der Waals surface area (Å²) in [4.78, 5) is 15.1. The highest BCUT2D eigenvalue weighted by Crippen LogP contribution is 2.49. The Kier molecular flexibility index (Phi) is 4.33. The molecule has 2 heterocycles. The average molecular weight is 374 g/mol. The van der Waals surface area contributed by atoms with E-state index in [0.29, 0.717) is 6.42 Å². The number of benzene rings is 2. The van der Waals surface area contributed by atoms with E-state index < -0.39 is 6.04 Å². The van der Waals surface area contributed by atoms with Crippen molar-refractivity contribution in [2.45, 2.75) is 37.1 Å². The molecule has 4 heteroatoms. The minimum Gasteiger partial charge on any atom is -0.320 e. The van der Waals surface area contributed by atoms with Crippen LogP contribution in [0.15, 0.2) is 54.1 Å². The van der Waals surface area contributed by atoms with Gasteiger partial charge in [-0.3, -0.25) is 4.79 Å². The van der Waals surface area contributed by atoms with Gasteiger partial charge in [0.15, 0.2) is 0 Å². The third-order valence-electron chi connectivity index (χ3n) is 6.79. The van der Waals surface area contributed by atoms with Crippen molar-refractivity contribution in [3.05, 3.63) is 70.8 Å². The molecule has 2 aromatic carbocycles.